The van der Waals surface area contributed by atoms with Crippen molar-refractivity contribution in [2.75, 3.05) is 11.9 Å². The quantitative estimate of drug-likeness (QED) is 0.860. The third kappa shape index (κ3) is 2.06. The molecule has 4 heteroatoms. The normalized spacial score (nSPS) is 21.4. The average Bonchev–Trinajstić information content (AvgIpc) is 2.48. The monoisotopic (exact) mass is 285 g/mol. The molecule has 0 saturated heterocycles. The van der Waals surface area contributed by atoms with Crippen LogP contribution in [0.5, 0.6) is 5.75 Å². The highest BCUT2D eigenvalue weighted by molar-refractivity contribution is 7.99. The number of carbonyl (C=O) groups excluding carboxylic acids is 1. The minimum absolute atomic E-state index is 0.103. The van der Waals surface area contributed by atoms with Gasteiger partial charge in [0, 0.05) is 17.5 Å². The van der Waals surface area contributed by atoms with Crippen molar-refractivity contribution in [2.45, 2.75) is 16.2 Å². The maximum atomic E-state index is 11.5. The Morgan fingerprint density at radius 1 is 1.15 bits per heavy atom. The van der Waals surface area contributed by atoms with Crippen LogP contribution in [-0.4, -0.2) is 24.5 Å². The number of phenols is 1. The van der Waals surface area contributed by atoms with Gasteiger partial charge in [0.15, 0.2) is 0 Å². The van der Waals surface area contributed by atoms with Gasteiger partial charge in [-0.25, -0.2) is 0 Å². The van der Waals surface area contributed by atoms with Crippen LogP contribution in [0.2, 0.25) is 0 Å². The number of thioether (sulfide) groups is 1. The van der Waals surface area contributed by atoms with Gasteiger partial charge < -0.3 is 14.8 Å². The second kappa shape index (κ2) is 5.21. The van der Waals surface area contributed by atoms with E-state index in [2.05, 4.69) is 0 Å². The van der Waals surface area contributed by atoms with Crippen molar-refractivity contribution in [3.05, 3.63) is 54.1 Å². The van der Waals surface area contributed by atoms with Gasteiger partial charge >= 0.3 is 0 Å². The molecular formula is C16H15NO2S. The van der Waals surface area contributed by atoms with E-state index in [-0.39, 0.29) is 17.0 Å². The zero-order chi connectivity index (χ0) is 14.1. The zero-order valence-electron chi connectivity index (χ0n) is 11.1. The Morgan fingerprint density at radius 3 is 2.60 bits per heavy atom. The van der Waals surface area contributed by atoms with E-state index in [1.54, 1.807) is 23.9 Å². The molecule has 3 nitrogen and oxygen atoms in total. The summed E-state index contributed by atoms with van der Waals surface area (Å²) < 4.78 is 0. The van der Waals surface area contributed by atoms with Gasteiger partial charge in [0.05, 0.1) is 10.9 Å². The number of anilines is 1. The number of benzene rings is 2. The number of hydrogen-bond donors (Lipinski definition) is 1. The van der Waals surface area contributed by atoms with Crippen LogP contribution in [0, 0.1) is 0 Å². The van der Waals surface area contributed by atoms with E-state index < -0.39 is 0 Å². The van der Waals surface area contributed by atoms with E-state index in [9.17, 15) is 9.90 Å². The lowest BCUT2D eigenvalue weighted by molar-refractivity contribution is -0.109. The van der Waals surface area contributed by atoms with E-state index in [0.717, 1.165) is 22.4 Å². The van der Waals surface area contributed by atoms with Crippen LogP contribution < -0.4 is 4.90 Å². The molecule has 0 saturated carbocycles. The molecule has 0 aliphatic carbocycles. The summed E-state index contributed by atoms with van der Waals surface area (Å²) in [5.41, 5.74) is 1.86. The number of nitrogens with zero attached hydrogens (tertiary/aromatic N) is 1. The van der Waals surface area contributed by atoms with Crippen LogP contribution in [0.25, 0.3) is 0 Å². The SMILES string of the molecule is CN1c2ccccc2SC(c2ccccc2O)C1C=O. The maximum absolute atomic E-state index is 11.5. The maximum Gasteiger partial charge on any atom is 0.143 e. The lowest BCUT2D eigenvalue weighted by Gasteiger charge is -2.38. The summed E-state index contributed by atoms with van der Waals surface area (Å²) in [4.78, 5) is 14.6. The van der Waals surface area contributed by atoms with Crippen molar-refractivity contribution >= 4 is 23.7 Å². The Balaban J connectivity index is 2.09. The lowest BCUT2D eigenvalue weighted by atomic mass is 10.0. The number of fused-ring (bicyclic) bond motifs is 1. The number of carbonyl (C=O) groups is 1. The van der Waals surface area contributed by atoms with E-state index in [1.165, 1.54) is 0 Å². The molecule has 2 unspecified atom stereocenters. The van der Waals surface area contributed by atoms with Gasteiger partial charge in [0.25, 0.3) is 0 Å². The van der Waals surface area contributed by atoms with Crippen LogP contribution in [0.4, 0.5) is 5.69 Å². The van der Waals surface area contributed by atoms with Gasteiger partial charge in [-0.3, -0.25) is 0 Å². The first-order valence-electron chi connectivity index (χ1n) is 6.44. The lowest BCUT2D eigenvalue weighted by Crippen LogP contribution is -2.39. The number of hydrogen-bond acceptors (Lipinski definition) is 4. The molecule has 1 heterocycles. The second-order valence-electron chi connectivity index (χ2n) is 4.80. The molecule has 1 aliphatic rings. The largest absolute Gasteiger partial charge is 0.508 e. The minimum Gasteiger partial charge on any atom is -0.508 e. The number of para-hydroxylation sites is 2. The Hall–Kier alpha value is -1.94. The van der Waals surface area contributed by atoms with Gasteiger partial charge in [0.1, 0.15) is 18.1 Å². The molecule has 2 atom stereocenters. The second-order valence-corrected chi connectivity index (χ2v) is 5.99. The molecule has 2 aromatic rings. The van der Waals surface area contributed by atoms with E-state index in [1.807, 2.05) is 48.3 Å². The topological polar surface area (TPSA) is 40.5 Å². The van der Waals surface area contributed by atoms with Crippen molar-refractivity contribution in [2.24, 2.45) is 0 Å². The van der Waals surface area contributed by atoms with Gasteiger partial charge in [-0.05, 0) is 18.2 Å². The zero-order valence-corrected chi connectivity index (χ0v) is 11.9. The Bertz CT molecular complexity index is 644. The van der Waals surface area contributed by atoms with Crippen molar-refractivity contribution in [1.82, 2.24) is 0 Å². The molecule has 0 radical (unpaired) electrons. The molecule has 3 rings (SSSR count). The number of likely N-dealkylation sites (N-methyl/N-ethyl adjacent to an activating group) is 1. The molecule has 0 fully saturated rings. The molecule has 2 aromatic carbocycles. The van der Waals surface area contributed by atoms with Crippen LogP contribution in [0.1, 0.15) is 10.8 Å². The summed E-state index contributed by atoms with van der Waals surface area (Å²) >= 11 is 1.63. The molecule has 0 spiro atoms. The van der Waals surface area contributed by atoms with Crippen LogP contribution in [0.15, 0.2) is 53.4 Å². The first-order valence-corrected chi connectivity index (χ1v) is 7.32. The Morgan fingerprint density at radius 2 is 1.85 bits per heavy atom. The first kappa shape index (κ1) is 13.1. The van der Waals surface area contributed by atoms with Gasteiger partial charge in [-0.15, -0.1) is 11.8 Å². The molecular weight excluding hydrogens is 270 g/mol. The summed E-state index contributed by atoms with van der Waals surface area (Å²) in [6, 6.07) is 15.0. The molecule has 102 valence electrons. The highest BCUT2D eigenvalue weighted by Gasteiger charge is 2.34. The van der Waals surface area contributed by atoms with E-state index in [4.69, 9.17) is 0 Å². The van der Waals surface area contributed by atoms with Crippen molar-refractivity contribution in [3.8, 4) is 5.75 Å². The van der Waals surface area contributed by atoms with Crippen molar-refractivity contribution < 1.29 is 9.90 Å². The standard InChI is InChI=1S/C16H15NO2S/c1-17-12-7-3-5-9-15(12)20-16(13(17)10-18)11-6-2-4-8-14(11)19/h2-10,13,16,19H,1H3. The van der Waals surface area contributed by atoms with Crippen LogP contribution in [-0.2, 0) is 4.79 Å². The first-order chi connectivity index (χ1) is 9.72. The average molecular weight is 285 g/mol. The Kier molecular flexibility index (Phi) is 3.40. The predicted molar refractivity (Wildman–Crippen MR) is 81.4 cm³/mol. The van der Waals surface area contributed by atoms with Gasteiger partial charge in [-0.2, -0.15) is 0 Å². The minimum atomic E-state index is -0.289. The molecule has 0 bridgehead atoms. The van der Waals surface area contributed by atoms with Gasteiger partial charge in [-0.1, -0.05) is 30.3 Å². The van der Waals surface area contributed by atoms with Crippen LogP contribution >= 0.6 is 11.8 Å². The molecule has 1 N–H and O–H groups in total. The fourth-order valence-electron chi connectivity index (χ4n) is 2.56. The smallest absolute Gasteiger partial charge is 0.143 e. The van der Waals surface area contributed by atoms with Gasteiger partial charge in [0.2, 0.25) is 0 Å². The van der Waals surface area contributed by atoms with Crippen molar-refractivity contribution in [3.63, 3.8) is 0 Å². The Labute approximate surface area is 122 Å². The summed E-state index contributed by atoms with van der Waals surface area (Å²) in [5.74, 6) is 0.240. The summed E-state index contributed by atoms with van der Waals surface area (Å²) in [6.07, 6.45) is 0.958. The summed E-state index contributed by atoms with van der Waals surface area (Å²) in [6.45, 7) is 0. The molecule has 0 aromatic heterocycles. The fraction of sp³-hybridized carbons (Fsp3) is 0.188. The third-order valence-electron chi connectivity index (χ3n) is 3.64. The van der Waals surface area contributed by atoms with Crippen LogP contribution in [0.3, 0.4) is 0 Å². The molecule has 1 aliphatic heterocycles. The number of phenolic OH excluding ortho intramolecular Hbond substituents is 1. The number of rotatable bonds is 2. The summed E-state index contributed by atoms with van der Waals surface area (Å²) in [5, 5.41) is 9.96. The summed E-state index contributed by atoms with van der Waals surface area (Å²) in [7, 11) is 1.92. The van der Waals surface area contributed by atoms with Crippen molar-refractivity contribution in [1.29, 1.82) is 0 Å². The number of aldehydes is 1. The molecule has 0 amide bonds. The molecule has 20 heavy (non-hydrogen) atoms. The highest BCUT2D eigenvalue weighted by atomic mass is 32.2. The predicted octanol–water partition coefficient (Wildman–Crippen LogP) is 3.24. The van der Waals surface area contributed by atoms with E-state index >= 15 is 0 Å². The fourth-order valence-corrected chi connectivity index (χ4v) is 4.03. The van der Waals surface area contributed by atoms with E-state index in [0.29, 0.717) is 0 Å². The third-order valence-corrected chi connectivity index (χ3v) is 5.03. The number of aromatic hydroxyl groups is 1. The highest BCUT2D eigenvalue weighted by Crippen LogP contribution is 2.49.